The first kappa shape index (κ1) is 18.9. The third-order valence-electron chi connectivity index (χ3n) is 4.55. The largest absolute Gasteiger partial charge is 0.392 e. The first-order valence-corrected chi connectivity index (χ1v) is 8.84. The van der Waals surface area contributed by atoms with Gasteiger partial charge >= 0.3 is 0 Å². The van der Waals surface area contributed by atoms with E-state index in [-0.39, 0.29) is 12.1 Å². The maximum atomic E-state index is 9.96. The molecule has 1 fully saturated rings. The summed E-state index contributed by atoms with van der Waals surface area (Å²) in [5.74, 6) is 0.616. The van der Waals surface area contributed by atoms with Crippen LogP contribution in [-0.2, 0) is 4.74 Å². The standard InChI is InChI=1S/C17H35NO3/c1-3-5-8-14(4-2)12-21-13-15(19)11-18-16-9-6-7-10-17(16)20/h14-20H,3-13H2,1-2H3. The Labute approximate surface area is 130 Å². The van der Waals surface area contributed by atoms with Crippen LogP contribution in [0.1, 0.15) is 65.2 Å². The molecule has 1 rings (SSSR count). The van der Waals surface area contributed by atoms with E-state index >= 15 is 0 Å². The van der Waals surface area contributed by atoms with E-state index in [1.165, 1.54) is 19.3 Å². The summed E-state index contributed by atoms with van der Waals surface area (Å²) >= 11 is 0. The lowest BCUT2D eigenvalue weighted by molar-refractivity contribution is 0.0131. The molecule has 21 heavy (non-hydrogen) atoms. The molecule has 1 saturated carbocycles. The molecule has 0 heterocycles. The molecule has 0 saturated heterocycles. The van der Waals surface area contributed by atoms with Crippen molar-refractivity contribution in [2.75, 3.05) is 19.8 Å². The number of ether oxygens (including phenoxy) is 1. The Balaban J connectivity index is 2.08. The molecule has 4 nitrogen and oxygen atoms in total. The normalized spacial score (nSPS) is 25.7. The maximum Gasteiger partial charge on any atom is 0.0897 e. The van der Waals surface area contributed by atoms with Crippen LogP contribution in [0.15, 0.2) is 0 Å². The second-order valence-corrected chi connectivity index (χ2v) is 6.47. The molecular formula is C17H35NO3. The summed E-state index contributed by atoms with van der Waals surface area (Å²) in [5, 5.41) is 23.1. The topological polar surface area (TPSA) is 61.7 Å². The van der Waals surface area contributed by atoms with Gasteiger partial charge in [-0.05, 0) is 25.2 Å². The Morgan fingerprint density at radius 2 is 1.95 bits per heavy atom. The average molecular weight is 301 g/mol. The van der Waals surface area contributed by atoms with Crippen molar-refractivity contribution >= 4 is 0 Å². The fraction of sp³-hybridized carbons (Fsp3) is 1.00. The lowest BCUT2D eigenvalue weighted by atomic mass is 9.92. The van der Waals surface area contributed by atoms with Gasteiger partial charge in [-0.2, -0.15) is 0 Å². The summed E-state index contributed by atoms with van der Waals surface area (Å²) in [4.78, 5) is 0. The van der Waals surface area contributed by atoms with E-state index in [1.807, 2.05) is 0 Å². The Kier molecular flexibility index (Phi) is 10.3. The van der Waals surface area contributed by atoms with Crippen LogP contribution in [0, 0.1) is 5.92 Å². The molecule has 126 valence electrons. The third kappa shape index (κ3) is 8.15. The summed E-state index contributed by atoms with van der Waals surface area (Å²) < 4.78 is 5.66. The van der Waals surface area contributed by atoms with Crippen molar-refractivity contribution in [2.24, 2.45) is 5.92 Å². The van der Waals surface area contributed by atoms with E-state index in [0.717, 1.165) is 38.7 Å². The van der Waals surface area contributed by atoms with Gasteiger partial charge in [0.15, 0.2) is 0 Å². The maximum absolute atomic E-state index is 9.96. The summed E-state index contributed by atoms with van der Waals surface area (Å²) in [6.45, 7) is 6.06. The van der Waals surface area contributed by atoms with Gasteiger partial charge in [-0.1, -0.05) is 46.0 Å². The number of nitrogens with one attached hydrogen (secondary N) is 1. The number of rotatable bonds is 11. The Bertz CT molecular complexity index is 250. The van der Waals surface area contributed by atoms with Crippen LogP contribution < -0.4 is 5.32 Å². The highest BCUT2D eigenvalue weighted by molar-refractivity contribution is 4.81. The monoisotopic (exact) mass is 301 g/mol. The minimum Gasteiger partial charge on any atom is -0.392 e. The average Bonchev–Trinajstić information content (AvgIpc) is 2.50. The first-order chi connectivity index (χ1) is 10.2. The van der Waals surface area contributed by atoms with Crippen molar-refractivity contribution in [1.29, 1.82) is 0 Å². The van der Waals surface area contributed by atoms with Gasteiger partial charge in [0.05, 0.1) is 18.8 Å². The zero-order valence-corrected chi connectivity index (χ0v) is 13.9. The number of hydrogen-bond acceptors (Lipinski definition) is 4. The lowest BCUT2D eigenvalue weighted by Gasteiger charge is -2.29. The summed E-state index contributed by atoms with van der Waals surface area (Å²) in [6.07, 6.45) is 8.26. The highest BCUT2D eigenvalue weighted by Crippen LogP contribution is 2.18. The quantitative estimate of drug-likeness (QED) is 0.549. The molecule has 0 spiro atoms. The van der Waals surface area contributed by atoms with Crippen LogP contribution in [-0.4, -0.2) is 48.2 Å². The smallest absolute Gasteiger partial charge is 0.0897 e. The van der Waals surface area contributed by atoms with Crippen LogP contribution in [0.25, 0.3) is 0 Å². The Morgan fingerprint density at radius 3 is 2.62 bits per heavy atom. The lowest BCUT2D eigenvalue weighted by Crippen LogP contribution is -2.45. The van der Waals surface area contributed by atoms with Gasteiger partial charge in [-0.25, -0.2) is 0 Å². The zero-order valence-electron chi connectivity index (χ0n) is 13.9. The molecular weight excluding hydrogens is 266 g/mol. The fourth-order valence-electron chi connectivity index (χ4n) is 2.96. The Hall–Kier alpha value is -0.160. The highest BCUT2D eigenvalue weighted by atomic mass is 16.5. The summed E-state index contributed by atoms with van der Waals surface area (Å²) in [5.41, 5.74) is 0. The van der Waals surface area contributed by atoms with Crippen LogP contribution in [0.2, 0.25) is 0 Å². The van der Waals surface area contributed by atoms with Crippen LogP contribution in [0.5, 0.6) is 0 Å². The molecule has 0 aromatic carbocycles. The first-order valence-electron chi connectivity index (χ1n) is 8.84. The van der Waals surface area contributed by atoms with Crippen LogP contribution in [0.3, 0.4) is 0 Å². The van der Waals surface area contributed by atoms with Gasteiger partial charge in [0.25, 0.3) is 0 Å². The van der Waals surface area contributed by atoms with E-state index in [4.69, 9.17) is 4.74 Å². The van der Waals surface area contributed by atoms with Gasteiger partial charge in [0, 0.05) is 19.2 Å². The van der Waals surface area contributed by atoms with Crippen molar-refractivity contribution in [3.05, 3.63) is 0 Å². The van der Waals surface area contributed by atoms with Gasteiger partial charge in [0.1, 0.15) is 0 Å². The van der Waals surface area contributed by atoms with Crippen molar-refractivity contribution in [2.45, 2.75) is 83.5 Å². The van der Waals surface area contributed by atoms with E-state index < -0.39 is 6.10 Å². The van der Waals surface area contributed by atoms with E-state index in [9.17, 15) is 10.2 Å². The second kappa shape index (κ2) is 11.4. The minimum atomic E-state index is -0.484. The van der Waals surface area contributed by atoms with Crippen LogP contribution >= 0.6 is 0 Å². The molecule has 4 heteroatoms. The molecule has 0 amide bonds. The number of aliphatic hydroxyl groups excluding tert-OH is 2. The van der Waals surface area contributed by atoms with Gasteiger partial charge in [-0.15, -0.1) is 0 Å². The second-order valence-electron chi connectivity index (χ2n) is 6.47. The number of aliphatic hydroxyl groups is 2. The van der Waals surface area contributed by atoms with Gasteiger partial charge in [0.2, 0.25) is 0 Å². The van der Waals surface area contributed by atoms with Crippen molar-refractivity contribution in [1.82, 2.24) is 5.32 Å². The third-order valence-corrected chi connectivity index (χ3v) is 4.55. The van der Waals surface area contributed by atoms with Gasteiger partial charge in [-0.3, -0.25) is 0 Å². The zero-order chi connectivity index (χ0) is 15.5. The Morgan fingerprint density at radius 1 is 1.19 bits per heavy atom. The molecule has 3 N–H and O–H groups in total. The number of hydrogen-bond donors (Lipinski definition) is 3. The summed E-state index contributed by atoms with van der Waals surface area (Å²) in [7, 11) is 0. The number of unbranched alkanes of at least 4 members (excludes halogenated alkanes) is 1. The highest BCUT2D eigenvalue weighted by Gasteiger charge is 2.23. The fourth-order valence-corrected chi connectivity index (χ4v) is 2.96. The van der Waals surface area contributed by atoms with E-state index in [0.29, 0.717) is 19.1 Å². The SMILES string of the molecule is CCCCC(CC)COCC(O)CNC1CCCCC1O. The van der Waals surface area contributed by atoms with Crippen LogP contribution in [0.4, 0.5) is 0 Å². The molecule has 1 aliphatic carbocycles. The van der Waals surface area contributed by atoms with Gasteiger partial charge < -0.3 is 20.3 Å². The predicted molar refractivity (Wildman–Crippen MR) is 86.4 cm³/mol. The predicted octanol–water partition coefficient (Wildman–Crippen LogP) is 2.47. The molecule has 0 aliphatic heterocycles. The molecule has 1 aliphatic rings. The van der Waals surface area contributed by atoms with Crippen molar-refractivity contribution in [3.63, 3.8) is 0 Å². The van der Waals surface area contributed by atoms with E-state index in [2.05, 4.69) is 19.2 Å². The van der Waals surface area contributed by atoms with Crippen molar-refractivity contribution in [3.8, 4) is 0 Å². The molecule has 0 bridgehead atoms. The molecule has 4 unspecified atom stereocenters. The molecule has 0 radical (unpaired) electrons. The van der Waals surface area contributed by atoms with E-state index in [1.54, 1.807) is 0 Å². The molecule has 0 aromatic rings. The molecule has 4 atom stereocenters. The molecule has 0 aromatic heterocycles. The minimum absolute atomic E-state index is 0.140. The van der Waals surface area contributed by atoms with Crippen molar-refractivity contribution < 1.29 is 14.9 Å². The summed E-state index contributed by atoms with van der Waals surface area (Å²) in [6, 6.07) is 0.140.